The Kier molecular flexibility index (Phi) is 5.06. The number of nitrogens with zero attached hydrogens (tertiary/aromatic N) is 3. The third-order valence-electron chi connectivity index (χ3n) is 2.92. The van der Waals surface area contributed by atoms with E-state index in [1.165, 1.54) is 0 Å². The van der Waals surface area contributed by atoms with Gasteiger partial charge >= 0.3 is 0 Å². The molecule has 0 amide bonds. The third-order valence-corrected chi connectivity index (χ3v) is 2.92. The molecule has 1 aromatic heterocycles. The topological polar surface area (TPSA) is 63.0 Å². The van der Waals surface area contributed by atoms with Crippen molar-refractivity contribution >= 4 is 0 Å². The fraction of sp³-hybridized carbons (Fsp3) is 0.429. The molecule has 0 radical (unpaired) electrons. The molecular formula is C14H20N4O. The van der Waals surface area contributed by atoms with E-state index in [9.17, 15) is 0 Å². The lowest BCUT2D eigenvalue weighted by molar-refractivity contribution is 0.281. The van der Waals surface area contributed by atoms with Gasteiger partial charge in [0, 0.05) is 13.1 Å². The van der Waals surface area contributed by atoms with Crippen molar-refractivity contribution in [3.05, 3.63) is 47.5 Å². The molecule has 0 bridgehead atoms. The zero-order valence-electron chi connectivity index (χ0n) is 11.2. The number of rotatable bonds is 7. The number of benzene rings is 1. The van der Waals surface area contributed by atoms with Crippen LogP contribution in [0.3, 0.4) is 0 Å². The molecule has 1 heterocycles. The Labute approximate surface area is 113 Å². The normalized spacial score (nSPS) is 10.8. The van der Waals surface area contributed by atoms with Gasteiger partial charge in [0.2, 0.25) is 0 Å². The number of aryl methyl sites for hydroxylation is 1. The van der Waals surface area contributed by atoms with E-state index in [0.29, 0.717) is 6.54 Å². The standard InChI is InChI=1S/C14H20N4O/c1-2-6-18-14(16-11-17-18)9-15-8-12-4-3-5-13(7-12)10-19/h3-5,7,11,15,19H,2,6,8-10H2,1H3. The summed E-state index contributed by atoms with van der Waals surface area (Å²) in [5, 5.41) is 16.6. The largest absolute Gasteiger partial charge is 0.392 e. The van der Waals surface area contributed by atoms with Crippen molar-refractivity contribution in [2.75, 3.05) is 0 Å². The van der Waals surface area contributed by atoms with Crippen molar-refractivity contribution < 1.29 is 5.11 Å². The third kappa shape index (κ3) is 3.87. The Bertz CT molecular complexity index is 510. The van der Waals surface area contributed by atoms with E-state index in [1.54, 1.807) is 6.33 Å². The number of nitrogens with one attached hydrogen (secondary N) is 1. The Morgan fingerprint density at radius 3 is 2.89 bits per heavy atom. The van der Waals surface area contributed by atoms with Crippen molar-refractivity contribution in [1.29, 1.82) is 0 Å². The van der Waals surface area contributed by atoms with Crippen LogP contribution in [0.2, 0.25) is 0 Å². The van der Waals surface area contributed by atoms with E-state index < -0.39 is 0 Å². The second-order valence-electron chi connectivity index (χ2n) is 4.48. The molecular weight excluding hydrogens is 240 g/mol. The molecule has 102 valence electrons. The molecule has 0 atom stereocenters. The van der Waals surface area contributed by atoms with Crippen molar-refractivity contribution in [2.45, 2.75) is 39.6 Å². The second kappa shape index (κ2) is 7.01. The van der Waals surface area contributed by atoms with Crippen LogP contribution in [-0.2, 0) is 26.2 Å². The first-order valence-electron chi connectivity index (χ1n) is 6.59. The average Bonchev–Trinajstić information content (AvgIpc) is 2.87. The summed E-state index contributed by atoms with van der Waals surface area (Å²) in [6.07, 6.45) is 2.65. The van der Waals surface area contributed by atoms with Crippen LogP contribution in [0.15, 0.2) is 30.6 Å². The van der Waals surface area contributed by atoms with E-state index in [0.717, 1.165) is 36.5 Å². The van der Waals surface area contributed by atoms with Gasteiger partial charge in [0.1, 0.15) is 12.2 Å². The Morgan fingerprint density at radius 2 is 2.11 bits per heavy atom. The van der Waals surface area contributed by atoms with Crippen LogP contribution in [0.5, 0.6) is 0 Å². The summed E-state index contributed by atoms with van der Waals surface area (Å²) in [6.45, 7) is 4.56. The molecule has 5 nitrogen and oxygen atoms in total. The van der Waals surface area contributed by atoms with E-state index in [-0.39, 0.29) is 6.61 Å². The molecule has 2 aromatic rings. The second-order valence-corrected chi connectivity index (χ2v) is 4.48. The van der Waals surface area contributed by atoms with Gasteiger partial charge in [-0.2, -0.15) is 5.10 Å². The molecule has 0 unspecified atom stereocenters. The van der Waals surface area contributed by atoms with E-state index >= 15 is 0 Å². The molecule has 0 fully saturated rings. The van der Waals surface area contributed by atoms with Crippen LogP contribution in [0.1, 0.15) is 30.3 Å². The van der Waals surface area contributed by atoms with Crippen molar-refractivity contribution in [1.82, 2.24) is 20.1 Å². The first-order chi connectivity index (χ1) is 9.33. The summed E-state index contributed by atoms with van der Waals surface area (Å²) < 4.78 is 1.93. The van der Waals surface area contributed by atoms with Crippen molar-refractivity contribution in [2.24, 2.45) is 0 Å². The predicted molar refractivity (Wildman–Crippen MR) is 73.2 cm³/mol. The molecule has 0 spiro atoms. The summed E-state index contributed by atoms with van der Waals surface area (Å²) >= 11 is 0. The molecule has 5 heteroatoms. The van der Waals surface area contributed by atoms with Crippen LogP contribution < -0.4 is 5.32 Å². The number of hydrogen-bond acceptors (Lipinski definition) is 4. The highest BCUT2D eigenvalue weighted by Crippen LogP contribution is 2.05. The smallest absolute Gasteiger partial charge is 0.140 e. The monoisotopic (exact) mass is 260 g/mol. The summed E-state index contributed by atoms with van der Waals surface area (Å²) in [5.41, 5.74) is 2.10. The van der Waals surface area contributed by atoms with Gasteiger partial charge in [-0.1, -0.05) is 31.2 Å². The Morgan fingerprint density at radius 1 is 1.26 bits per heavy atom. The van der Waals surface area contributed by atoms with Gasteiger partial charge in [-0.05, 0) is 17.5 Å². The van der Waals surface area contributed by atoms with E-state index in [2.05, 4.69) is 22.3 Å². The SMILES string of the molecule is CCCn1ncnc1CNCc1cccc(CO)c1. The maximum atomic E-state index is 9.09. The van der Waals surface area contributed by atoms with Crippen LogP contribution in [0.25, 0.3) is 0 Å². The molecule has 0 saturated carbocycles. The summed E-state index contributed by atoms with van der Waals surface area (Å²) in [6, 6.07) is 7.93. The van der Waals surface area contributed by atoms with Gasteiger partial charge in [0.25, 0.3) is 0 Å². The molecule has 0 aliphatic rings. The number of aromatic nitrogens is 3. The zero-order valence-corrected chi connectivity index (χ0v) is 11.2. The lowest BCUT2D eigenvalue weighted by atomic mass is 10.1. The first-order valence-corrected chi connectivity index (χ1v) is 6.59. The molecule has 1 aromatic carbocycles. The van der Waals surface area contributed by atoms with Crippen molar-refractivity contribution in [3.8, 4) is 0 Å². The van der Waals surface area contributed by atoms with Gasteiger partial charge < -0.3 is 10.4 Å². The predicted octanol–water partition coefficient (Wildman–Crippen LogP) is 1.47. The molecule has 0 saturated heterocycles. The Balaban J connectivity index is 1.87. The molecule has 0 aliphatic carbocycles. The van der Waals surface area contributed by atoms with E-state index in [1.807, 2.05) is 28.9 Å². The lowest BCUT2D eigenvalue weighted by Gasteiger charge is -2.07. The van der Waals surface area contributed by atoms with Gasteiger partial charge in [-0.3, -0.25) is 0 Å². The number of hydrogen-bond donors (Lipinski definition) is 2. The van der Waals surface area contributed by atoms with Crippen LogP contribution in [0.4, 0.5) is 0 Å². The summed E-state index contributed by atoms with van der Waals surface area (Å²) in [5.74, 6) is 0.958. The maximum Gasteiger partial charge on any atom is 0.140 e. The Hall–Kier alpha value is -1.72. The fourth-order valence-corrected chi connectivity index (χ4v) is 1.98. The average molecular weight is 260 g/mol. The minimum Gasteiger partial charge on any atom is -0.392 e. The fourth-order valence-electron chi connectivity index (χ4n) is 1.98. The summed E-state index contributed by atoms with van der Waals surface area (Å²) in [4.78, 5) is 4.25. The van der Waals surface area contributed by atoms with Gasteiger partial charge in [-0.25, -0.2) is 9.67 Å². The minimum atomic E-state index is 0.0820. The van der Waals surface area contributed by atoms with Gasteiger partial charge in [0.05, 0.1) is 13.2 Å². The number of aliphatic hydroxyl groups is 1. The maximum absolute atomic E-state index is 9.09. The molecule has 19 heavy (non-hydrogen) atoms. The summed E-state index contributed by atoms with van der Waals surface area (Å²) in [7, 11) is 0. The minimum absolute atomic E-state index is 0.0820. The van der Waals surface area contributed by atoms with Crippen LogP contribution in [-0.4, -0.2) is 19.9 Å². The highest BCUT2D eigenvalue weighted by molar-refractivity contribution is 5.22. The van der Waals surface area contributed by atoms with E-state index in [4.69, 9.17) is 5.11 Å². The zero-order chi connectivity index (χ0) is 13.5. The quantitative estimate of drug-likeness (QED) is 0.791. The number of aliphatic hydroxyl groups excluding tert-OH is 1. The molecule has 0 aliphatic heterocycles. The van der Waals surface area contributed by atoms with Gasteiger partial charge in [0.15, 0.2) is 0 Å². The first kappa shape index (κ1) is 13.7. The van der Waals surface area contributed by atoms with Crippen LogP contribution >= 0.6 is 0 Å². The van der Waals surface area contributed by atoms with Gasteiger partial charge in [-0.15, -0.1) is 0 Å². The highest BCUT2D eigenvalue weighted by atomic mass is 16.3. The highest BCUT2D eigenvalue weighted by Gasteiger charge is 2.03. The lowest BCUT2D eigenvalue weighted by Crippen LogP contribution is -2.17. The van der Waals surface area contributed by atoms with Crippen molar-refractivity contribution in [3.63, 3.8) is 0 Å². The molecule has 2 rings (SSSR count). The van der Waals surface area contributed by atoms with Crippen LogP contribution in [0, 0.1) is 0 Å². The molecule has 2 N–H and O–H groups in total.